The SMILES string of the molecule is Cc1csc(=Nc2ccccc2)n1/N=C/c1ccc(O)c(O)c1. The first-order valence-electron chi connectivity index (χ1n) is 6.97. The fourth-order valence-electron chi connectivity index (χ4n) is 1.96. The minimum Gasteiger partial charge on any atom is -0.504 e. The maximum absolute atomic E-state index is 9.53. The number of thiazole rings is 1. The van der Waals surface area contributed by atoms with Crippen LogP contribution in [0.15, 0.2) is 64.0 Å². The summed E-state index contributed by atoms with van der Waals surface area (Å²) in [7, 11) is 0. The number of aromatic hydroxyl groups is 2. The normalized spacial score (nSPS) is 12.1. The second-order valence-electron chi connectivity index (χ2n) is 4.91. The van der Waals surface area contributed by atoms with Crippen molar-refractivity contribution >= 4 is 23.2 Å². The summed E-state index contributed by atoms with van der Waals surface area (Å²) in [6.07, 6.45) is 1.61. The van der Waals surface area contributed by atoms with Crippen molar-refractivity contribution in [2.45, 2.75) is 6.92 Å². The maximum atomic E-state index is 9.53. The van der Waals surface area contributed by atoms with Gasteiger partial charge in [-0.15, -0.1) is 11.3 Å². The van der Waals surface area contributed by atoms with E-state index in [9.17, 15) is 10.2 Å². The van der Waals surface area contributed by atoms with E-state index in [0.29, 0.717) is 5.56 Å². The molecule has 0 bridgehead atoms. The summed E-state index contributed by atoms with van der Waals surface area (Å²) in [4.78, 5) is 5.34. The molecule has 6 heteroatoms. The van der Waals surface area contributed by atoms with Crippen LogP contribution in [0.1, 0.15) is 11.3 Å². The lowest BCUT2D eigenvalue weighted by molar-refractivity contribution is 0.403. The highest BCUT2D eigenvalue weighted by Gasteiger charge is 2.01. The monoisotopic (exact) mass is 325 g/mol. The van der Waals surface area contributed by atoms with Gasteiger partial charge in [0.1, 0.15) is 0 Å². The Hall–Kier alpha value is -2.86. The number of benzene rings is 2. The zero-order valence-electron chi connectivity index (χ0n) is 12.4. The van der Waals surface area contributed by atoms with Crippen LogP contribution < -0.4 is 4.80 Å². The summed E-state index contributed by atoms with van der Waals surface area (Å²) in [5, 5.41) is 25.3. The van der Waals surface area contributed by atoms with Gasteiger partial charge in [0.25, 0.3) is 0 Å². The van der Waals surface area contributed by atoms with Gasteiger partial charge in [-0.2, -0.15) is 5.10 Å². The number of phenols is 2. The molecule has 0 aliphatic carbocycles. The Balaban J connectivity index is 1.97. The Morgan fingerprint density at radius 2 is 1.83 bits per heavy atom. The second-order valence-corrected chi connectivity index (χ2v) is 5.75. The predicted octanol–water partition coefficient (Wildman–Crippen LogP) is 3.38. The highest BCUT2D eigenvalue weighted by atomic mass is 32.1. The van der Waals surface area contributed by atoms with Crippen LogP contribution in [0, 0.1) is 6.92 Å². The fourth-order valence-corrected chi connectivity index (χ4v) is 2.79. The molecule has 0 aliphatic rings. The Morgan fingerprint density at radius 3 is 2.57 bits per heavy atom. The molecule has 0 radical (unpaired) electrons. The van der Waals surface area contributed by atoms with Gasteiger partial charge in [0.05, 0.1) is 17.6 Å². The molecule has 0 atom stereocenters. The Morgan fingerprint density at radius 1 is 1.04 bits per heavy atom. The molecule has 23 heavy (non-hydrogen) atoms. The van der Waals surface area contributed by atoms with Crippen molar-refractivity contribution in [1.29, 1.82) is 0 Å². The number of aromatic nitrogens is 1. The summed E-state index contributed by atoms with van der Waals surface area (Å²) in [6.45, 7) is 1.95. The topological polar surface area (TPSA) is 70.1 Å². The van der Waals surface area contributed by atoms with Crippen molar-refractivity contribution in [3.05, 3.63) is 70.0 Å². The van der Waals surface area contributed by atoms with E-state index in [4.69, 9.17) is 0 Å². The number of hydrogen-bond donors (Lipinski definition) is 2. The zero-order valence-corrected chi connectivity index (χ0v) is 13.2. The third kappa shape index (κ3) is 3.49. The van der Waals surface area contributed by atoms with Crippen molar-refractivity contribution in [2.75, 3.05) is 0 Å². The molecule has 0 unspecified atom stereocenters. The molecule has 0 aliphatic heterocycles. The molecule has 2 N–H and O–H groups in total. The van der Waals surface area contributed by atoms with Gasteiger partial charge in [-0.1, -0.05) is 18.2 Å². The first-order chi connectivity index (χ1) is 11.1. The van der Waals surface area contributed by atoms with Gasteiger partial charge < -0.3 is 10.2 Å². The van der Waals surface area contributed by atoms with Crippen molar-refractivity contribution < 1.29 is 10.2 Å². The van der Waals surface area contributed by atoms with Crippen LogP contribution in [0.4, 0.5) is 5.69 Å². The summed E-state index contributed by atoms with van der Waals surface area (Å²) in [6, 6.07) is 14.2. The molecule has 1 heterocycles. The molecule has 0 saturated heterocycles. The Labute approximate surface area is 137 Å². The smallest absolute Gasteiger partial charge is 0.211 e. The number of phenolic OH excluding ortho intramolecular Hbond substituents is 2. The fraction of sp³-hybridized carbons (Fsp3) is 0.0588. The molecule has 0 fully saturated rings. The number of rotatable bonds is 3. The molecular formula is C17H15N3O2S. The number of nitrogens with zero attached hydrogens (tertiary/aromatic N) is 3. The average molecular weight is 325 g/mol. The van der Waals surface area contributed by atoms with Crippen LogP contribution in [0.2, 0.25) is 0 Å². The van der Waals surface area contributed by atoms with Crippen molar-refractivity contribution in [2.24, 2.45) is 10.1 Å². The number of hydrogen-bond acceptors (Lipinski definition) is 5. The second kappa shape index (κ2) is 6.50. The zero-order chi connectivity index (χ0) is 16.2. The van der Waals surface area contributed by atoms with E-state index in [2.05, 4.69) is 10.1 Å². The summed E-state index contributed by atoms with van der Waals surface area (Å²) in [5.41, 5.74) is 2.51. The first-order valence-corrected chi connectivity index (χ1v) is 7.85. The average Bonchev–Trinajstić information content (AvgIpc) is 2.90. The predicted molar refractivity (Wildman–Crippen MR) is 91.5 cm³/mol. The van der Waals surface area contributed by atoms with E-state index in [-0.39, 0.29) is 11.5 Å². The summed E-state index contributed by atoms with van der Waals surface area (Å²) in [5.74, 6) is -0.323. The van der Waals surface area contributed by atoms with Gasteiger partial charge in [0.15, 0.2) is 11.5 Å². The molecular weight excluding hydrogens is 310 g/mol. The highest BCUT2D eigenvalue weighted by Crippen LogP contribution is 2.24. The molecule has 0 saturated carbocycles. The van der Waals surface area contributed by atoms with Crippen LogP contribution >= 0.6 is 11.3 Å². The quantitative estimate of drug-likeness (QED) is 0.572. The largest absolute Gasteiger partial charge is 0.504 e. The molecule has 2 aromatic carbocycles. The van der Waals surface area contributed by atoms with Crippen LogP contribution in [0.5, 0.6) is 11.5 Å². The number of aryl methyl sites for hydroxylation is 1. The van der Waals surface area contributed by atoms with Gasteiger partial charge in [0, 0.05) is 5.38 Å². The standard InChI is InChI=1S/C17H15N3O2S/c1-12-11-23-17(19-14-5-3-2-4-6-14)20(12)18-10-13-7-8-15(21)16(22)9-13/h2-11,21-22H,1H3/b18-10+,19-17?. The minimum atomic E-state index is -0.171. The molecule has 3 rings (SSSR count). The molecule has 3 aromatic rings. The van der Waals surface area contributed by atoms with Crippen molar-refractivity contribution in [3.8, 4) is 11.5 Å². The molecule has 116 valence electrons. The van der Waals surface area contributed by atoms with E-state index in [1.165, 1.54) is 23.5 Å². The van der Waals surface area contributed by atoms with Gasteiger partial charge in [-0.05, 0) is 42.8 Å². The third-order valence-corrected chi connectivity index (χ3v) is 4.09. The van der Waals surface area contributed by atoms with Crippen LogP contribution in [0.25, 0.3) is 0 Å². The minimum absolute atomic E-state index is 0.152. The molecule has 5 nitrogen and oxygen atoms in total. The Bertz CT molecular complexity index is 911. The van der Waals surface area contributed by atoms with Gasteiger partial charge in [0.2, 0.25) is 4.80 Å². The van der Waals surface area contributed by atoms with Gasteiger partial charge in [-0.25, -0.2) is 9.67 Å². The molecule has 1 aromatic heterocycles. The summed E-state index contributed by atoms with van der Waals surface area (Å²) < 4.78 is 1.74. The lowest BCUT2D eigenvalue weighted by atomic mass is 10.2. The molecule has 0 spiro atoms. The van der Waals surface area contributed by atoms with Crippen LogP contribution in [-0.2, 0) is 0 Å². The summed E-state index contributed by atoms with van der Waals surface area (Å²) >= 11 is 1.50. The lowest BCUT2D eigenvalue weighted by Crippen LogP contribution is -2.11. The van der Waals surface area contributed by atoms with Crippen molar-refractivity contribution in [3.63, 3.8) is 0 Å². The van der Waals surface area contributed by atoms with Crippen LogP contribution in [0.3, 0.4) is 0 Å². The molecule has 0 amide bonds. The van der Waals surface area contributed by atoms with E-state index in [1.54, 1.807) is 17.0 Å². The van der Waals surface area contributed by atoms with Gasteiger partial charge in [-0.3, -0.25) is 0 Å². The van der Waals surface area contributed by atoms with Gasteiger partial charge >= 0.3 is 0 Å². The maximum Gasteiger partial charge on any atom is 0.211 e. The van der Waals surface area contributed by atoms with Crippen molar-refractivity contribution in [1.82, 2.24) is 4.68 Å². The van der Waals surface area contributed by atoms with Crippen LogP contribution in [-0.4, -0.2) is 21.1 Å². The Kier molecular flexibility index (Phi) is 4.25. The number of para-hydroxylation sites is 1. The third-order valence-electron chi connectivity index (χ3n) is 3.15. The van der Waals surface area contributed by atoms with E-state index in [0.717, 1.165) is 16.2 Å². The lowest BCUT2D eigenvalue weighted by Gasteiger charge is -2.00. The highest BCUT2D eigenvalue weighted by molar-refractivity contribution is 7.07. The first kappa shape index (κ1) is 15.1. The van der Waals surface area contributed by atoms with E-state index in [1.807, 2.05) is 42.6 Å². The van der Waals surface area contributed by atoms with E-state index < -0.39 is 0 Å². The van der Waals surface area contributed by atoms with E-state index >= 15 is 0 Å².